The van der Waals surface area contributed by atoms with Crippen LogP contribution in [0.3, 0.4) is 0 Å². The van der Waals surface area contributed by atoms with Crippen molar-refractivity contribution < 1.29 is 0 Å². The fourth-order valence-electron chi connectivity index (χ4n) is 15.1. The first-order chi connectivity index (χ1) is 39.7. The third kappa shape index (κ3) is 7.36. The molecule has 0 amide bonds. The molecule has 0 bridgehead atoms. The van der Waals surface area contributed by atoms with E-state index < -0.39 is 13.5 Å². The van der Waals surface area contributed by atoms with Gasteiger partial charge in [0.05, 0.1) is 16.8 Å². The molecule has 12 aromatic carbocycles. The van der Waals surface area contributed by atoms with Gasteiger partial charge in [0.25, 0.3) is 0 Å². The summed E-state index contributed by atoms with van der Waals surface area (Å²) >= 11 is 0. The maximum atomic E-state index is 2.63. The van der Waals surface area contributed by atoms with Gasteiger partial charge in [-0.3, -0.25) is 0 Å². The molecule has 0 saturated carbocycles. The van der Waals surface area contributed by atoms with Crippen LogP contribution < -0.4 is 25.6 Å². The summed E-state index contributed by atoms with van der Waals surface area (Å²) in [6, 6.07) is 109. The maximum Gasteiger partial charge on any atom is 0.180 e. The minimum absolute atomic E-state index is 0.0443. The summed E-state index contributed by atoms with van der Waals surface area (Å²) < 4.78 is 0. The average Bonchev–Trinajstić information content (AvgIpc) is 3.46. The highest BCUT2D eigenvalue weighted by Crippen LogP contribution is 2.61. The van der Waals surface area contributed by atoms with Crippen molar-refractivity contribution in [3.63, 3.8) is 0 Å². The minimum atomic E-state index is -2.84. The van der Waals surface area contributed by atoms with Gasteiger partial charge in [0.1, 0.15) is 0 Å². The highest BCUT2D eigenvalue weighted by molar-refractivity contribution is 7.22. The zero-order valence-corrected chi connectivity index (χ0v) is 47.5. The van der Waals surface area contributed by atoms with E-state index in [1.165, 1.54) is 116 Å². The van der Waals surface area contributed by atoms with Crippen LogP contribution in [0.25, 0.3) is 55.3 Å². The smallest absolute Gasteiger partial charge is 0.180 e. The Balaban J connectivity index is 1.04. The van der Waals surface area contributed by atoms with E-state index in [1.54, 1.807) is 0 Å². The lowest BCUT2D eigenvalue weighted by Gasteiger charge is -2.43. The van der Waals surface area contributed by atoms with Crippen LogP contribution in [0.15, 0.2) is 285 Å². The van der Waals surface area contributed by atoms with E-state index in [0.717, 1.165) is 23.5 Å². The highest BCUT2D eigenvalue weighted by atomic mass is 28.3. The van der Waals surface area contributed by atoms with Crippen LogP contribution in [-0.4, -0.2) is 8.07 Å². The standard InChI is InChI=1S/C79H63NSi/c1-77(2)49-50-78(3,4)75-63(37-23-40-70(75)77)54-43-46-60(47-44-54)80(71-41-24-38-67-64-35-19-21-39-69(64)79(76(67)71,58-27-9-5-10-28-58)59-29-11-6-12-30-59)72-52-56-26-18-17-25-55(56)51-68(72)57-45-48-66-65-36-20-22-42-73(65)81(74(66)53-57,61-31-13-7-14-32-61)62-33-15-8-16-34-62/h5-48,51-53H,49-50H2,1-4H3. The maximum absolute atomic E-state index is 2.84. The number of nitrogens with zero attached hydrogens (tertiary/aromatic N) is 1. The Morgan fingerprint density at radius 2 is 0.827 bits per heavy atom. The van der Waals surface area contributed by atoms with Gasteiger partial charge in [-0.1, -0.05) is 282 Å². The molecule has 0 unspecified atom stereocenters. The van der Waals surface area contributed by atoms with Gasteiger partial charge < -0.3 is 4.90 Å². The van der Waals surface area contributed by atoms with Crippen molar-refractivity contribution in [3.8, 4) is 44.5 Å². The van der Waals surface area contributed by atoms with Gasteiger partial charge in [0.15, 0.2) is 8.07 Å². The largest absolute Gasteiger partial charge is 0.309 e. The molecule has 1 aliphatic heterocycles. The fourth-order valence-corrected chi connectivity index (χ4v) is 20.3. The van der Waals surface area contributed by atoms with Crippen LogP contribution >= 0.6 is 0 Å². The SMILES string of the molecule is CC1(C)CCC(C)(C)c2c(-c3ccc(N(c4cc5ccccc5cc4-c4ccc5c(c4)[Si](c4ccccc4)(c4ccccc4)c4ccccc4-5)c4cccc5c4C(c4ccccc4)(c4ccccc4)c4ccccc4-5)cc3)cccc21. The molecule has 3 aliphatic rings. The Hall–Kier alpha value is -9.08. The van der Waals surface area contributed by atoms with Crippen molar-refractivity contribution in [2.75, 3.05) is 4.90 Å². The summed E-state index contributed by atoms with van der Waals surface area (Å²) in [6.45, 7) is 9.76. The first-order valence-electron chi connectivity index (χ1n) is 29.0. The molecule has 388 valence electrons. The molecule has 81 heavy (non-hydrogen) atoms. The number of anilines is 3. The molecule has 1 heterocycles. The Morgan fingerprint density at radius 3 is 1.51 bits per heavy atom. The van der Waals surface area contributed by atoms with E-state index in [9.17, 15) is 0 Å². The van der Waals surface area contributed by atoms with E-state index >= 15 is 0 Å². The van der Waals surface area contributed by atoms with Gasteiger partial charge in [-0.05, 0) is 152 Å². The lowest BCUT2D eigenvalue weighted by Crippen LogP contribution is -2.72. The third-order valence-corrected chi connectivity index (χ3v) is 23.7. The first kappa shape index (κ1) is 49.0. The van der Waals surface area contributed by atoms with Crippen LogP contribution in [0, 0.1) is 0 Å². The molecular weight excluding hydrogens is 991 g/mol. The van der Waals surface area contributed by atoms with Crippen molar-refractivity contribution >= 4 is 56.7 Å². The Labute approximate surface area is 478 Å². The number of hydrogen-bond acceptors (Lipinski definition) is 1. The summed E-state index contributed by atoms with van der Waals surface area (Å²) in [4.78, 5) is 2.63. The topological polar surface area (TPSA) is 3.24 Å². The Morgan fingerprint density at radius 1 is 0.321 bits per heavy atom. The van der Waals surface area contributed by atoms with Gasteiger partial charge in [-0.15, -0.1) is 0 Å². The Bertz CT molecular complexity index is 4310. The number of hydrogen-bond donors (Lipinski definition) is 0. The second kappa shape index (κ2) is 18.8. The summed E-state index contributed by atoms with van der Waals surface area (Å²) in [7, 11) is -2.84. The molecular formula is C79H63NSi. The van der Waals surface area contributed by atoms with E-state index in [4.69, 9.17) is 0 Å². The molecule has 0 aromatic heterocycles. The number of rotatable bonds is 9. The second-order valence-corrected chi connectivity index (χ2v) is 27.8. The average molecular weight is 1050 g/mol. The van der Waals surface area contributed by atoms with Crippen LogP contribution in [0.5, 0.6) is 0 Å². The molecule has 0 fully saturated rings. The lowest BCUT2D eigenvalue weighted by atomic mass is 9.61. The highest BCUT2D eigenvalue weighted by Gasteiger charge is 2.50. The molecule has 0 N–H and O–H groups in total. The zero-order valence-electron chi connectivity index (χ0n) is 46.5. The van der Waals surface area contributed by atoms with Gasteiger partial charge in [0, 0.05) is 16.8 Å². The van der Waals surface area contributed by atoms with Crippen LogP contribution in [0.1, 0.15) is 73.9 Å². The molecule has 2 aliphatic carbocycles. The summed E-state index contributed by atoms with van der Waals surface area (Å²) in [5, 5.41) is 8.05. The molecule has 0 radical (unpaired) electrons. The number of benzene rings is 12. The van der Waals surface area contributed by atoms with E-state index in [2.05, 4.69) is 318 Å². The van der Waals surface area contributed by atoms with Crippen LogP contribution in [-0.2, 0) is 16.2 Å². The van der Waals surface area contributed by atoms with Gasteiger partial charge >= 0.3 is 0 Å². The van der Waals surface area contributed by atoms with Crippen molar-refractivity contribution in [1.82, 2.24) is 0 Å². The van der Waals surface area contributed by atoms with E-state index in [1.807, 2.05) is 0 Å². The molecule has 2 heteroatoms. The molecule has 0 saturated heterocycles. The van der Waals surface area contributed by atoms with Crippen molar-refractivity contribution in [3.05, 3.63) is 318 Å². The predicted molar refractivity (Wildman–Crippen MR) is 345 cm³/mol. The van der Waals surface area contributed by atoms with Crippen molar-refractivity contribution in [2.45, 2.75) is 56.8 Å². The predicted octanol–water partition coefficient (Wildman–Crippen LogP) is 17.7. The van der Waals surface area contributed by atoms with Gasteiger partial charge in [-0.2, -0.15) is 0 Å². The molecule has 1 nitrogen and oxygen atoms in total. The lowest BCUT2D eigenvalue weighted by molar-refractivity contribution is 0.333. The molecule has 15 rings (SSSR count). The summed E-state index contributed by atoms with van der Waals surface area (Å²) in [6.07, 6.45) is 2.33. The Kier molecular flexibility index (Phi) is 11.4. The molecule has 0 spiro atoms. The minimum Gasteiger partial charge on any atom is -0.309 e. The van der Waals surface area contributed by atoms with E-state index in [0.29, 0.717) is 0 Å². The number of fused-ring (bicyclic) bond motifs is 8. The van der Waals surface area contributed by atoms with Crippen molar-refractivity contribution in [1.29, 1.82) is 0 Å². The van der Waals surface area contributed by atoms with Gasteiger partial charge in [0.2, 0.25) is 0 Å². The van der Waals surface area contributed by atoms with Crippen LogP contribution in [0.2, 0.25) is 0 Å². The normalized spacial score (nSPS) is 15.5. The monoisotopic (exact) mass is 1050 g/mol. The van der Waals surface area contributed by atoms with E-state index in [-0.39, 0.29) is 10.8 Å². The third-order valence-electron chi connectivity index (χ3n) is 18.8. The first-order valence-corrected chi connectivity index (χ1v) is 31.0. The van der Waals surface area contributed by atoms with Gasteiger partial charge in [-0.25, -0.2) is 0 Å². The zero-order chi connectivity index (χ0) is 54.5. The van der Waals surface area contributed by atoms with Crippen molar-refractivity contribution in [2.24, 2.45) is 0 Å². The second-order valence-electron chi connectivity index (χ2n) is 24.1. The van der Waals surface area contributed by atoms with Crippen LogP contribution in [0.4, 0.5) is 17.1 Å². The quantitative estimate of drug-likeness (QED) is 0.130. The molecule has 0 atom stereocenters. The summed E-state index contributed by atoms with van der Waals surface area (Å²) in [5.74, 6) is 0. The summed E-state index contributed by atoms with van der Waals surface area (Å²) in [5.41, 5.74) is 21.0. The fraction of sp³-hybridized carbons (Fsp3) is 0.114. The molecule has 12 aromatic rings.